The van der Waals surface area contributed by atoms with Crippen LogP contribution >= 0.6 is 11.3 Å². The molecule has 4 saturated carbocycles. The second kappa shape index (κ2) is 6.89. The van der Waals surface area contributed by atoms with Gasteiger partial charge >= 0.3 is 0 Å². The number of aromatic nitrogens is 2. The number of aryl methyl sites for hydroxylation is 1. The Morgan fingerprint density at radius 3 is 2.52 bits per heavy atom. The van der Waals surface area contributed by atoms with Crippen LogP contribution in [0.4, 0.5) is 0 Å². The van der Waals surface area contributed by atoms with E-state index in [0.717, 1.165) is 38.2 Å². The van der Waals surface area contributed by atoms with Crippen molar-refractivity contribution < 1.29 is 4.79 Å². The minimum atomic E-state index is -0.171. The van der Waals surface area contributed by atoms with Crippen LogP contribution in [0.5, 0.6) is 0 Å². The lowest BCUT2D eigenvalue weighted by Crippen LogP contribution is -2.56. The SMILES string of the molecule is Cc1nn(CC(=O)N[C@H](C)C23CC4CC(CC(C4)C2)C3)c(=O)c2c1sc1ccccc12. The lowest BCUT2D eigenvalue weighted by Gasteiger charge is -2.59. The number of hydrogen-bond donors (Lipinski definition) is 1. The molecule has 4 aliphatic carbocycles. The maximum atomic E-state index is 13.2. The molecule has 31 heavy (non-hydrogen) atoms. The molecular formula is C25H29N3O2S. The summed E-state index contributed by atoms with van der Waals surface area (Å²) in [6.45, 7) is 4.09. The Labute approximate surface area is 185 Å². The molecule has 0 unspecified atom stereocenters. The number of carbonyl (C=O) groups excluding carboxylic acids is 1. The van der Waals surface area contributed by atoms with Gasteiger partial charge in [-0.25, -0.2) is 4.68 Å². The topological polar surface area (TPSA) is 64.0 Å². The number of amides is 1. The first-order chi connectivity index (χ1) is 14.9. The first-order valence-electron chi connectivity index (χ1n) is 11.6. The van der Waals surface area contributed by atoms with Crippen molar-refractivity contribution in [1.82, 2.24) is 15.1 Å². The van der Waals surface area contributed by atoms with Gasteiger partial charge in [-0.05, 0) is 81.6 Å². The van der Waals surface area contributed by atoms with Crippen molar-refractivity contribution in [3.05, 3.63) is 40.3 Å². The second-order valence-corrected chi connectivity index (χ2v) is 11.5. The predicted octanol–water partition coefficient (Wildman–Crippen LogP) is 4.64. The highest BCUT2D eigenvalue weighted by Gasteiger charge is 2.53. The zero-order valence-electron chi connectivity index (χ0n) is 18.2. The van der Waals surface area contributed by atoms with Crippen LogP contribution in [0.15, 0.2) is 29.1 Å². The van der Waals surface area contributed by atoms with Gasteiger partial charge in [-0.15, -0.1) is 11.3 Å². The Hall–Kier alpha value is -2.21. The molecule has 1 aromatic carbocycles. The lowest BCUT2D eigenvalue weighted by atomic mass is 9.48. The number of nitrogens with one attached hydrogen (secondary N) is 1. The number of carbonyl (C=O) groups is 1. The normalized spacial score (nSPS) is 30.2. The van der Waals surface area contributed by atoms with Crippen LogP contribution in [0.25, 0.3) is 20.2 Å². The van der Waals surface area contributed by atoms with Crippen molar-refractivity contribution in [3.63, 3.8) is 0 Å². The monoisotopic (exact) mass is 435 g/mol. The fourth-order valence-electron chi connectivity index (χ4n) is 7.30. The van der Waals surface area contributed by atoms with Gasteiger partial charge in [-0.1, -0.05) is 18.2 Å². The molecule has 1 amide bonds. The van der Waals surface area contributed by atoms with Crippen molar-refractivity contribution in [2.75, 3.05) is 0 Å². The first-order valence-corrected chi connectivity index (χ1v) is 12.4. The van der Waals surface area contributed by atoms with Gasteiger partial charge in [0.1, 0.15) is 6.54 Å². The number of hydrogen-bond acceptors (Lipinski definition) is 4. The molecule has 6 heteroatoms. The molecule has 162 valence electrons. The zero-order chi connectivity index (χ0) is 21.3. The van der Waals surface area contributed by atoms with E-state index in [1.54, 1.807) is 11.3 Å². The molecule has 0 spiro atoms. The number of benzene rings is 1. The maximum absolute atomic E-state index is 13.2. The van der Waals surface area contributed by atoms with Gasteiger partial charge in [0, 0.05) is 16.1 Å². The van der Waals surface area contributed by atoms with Gasteiger partial charge < -0.3 is 5.32 Å². The molecule has 4 fully saturated rings. The molecule has 0 saturated heterocycles. The van der Waals surface area contributed by atoms with Crippen molar-refractivity contribution >= 4 is 37.4 Å². The zero-order valence-corrected chi connectivity index (χ0v) is 19.0. The smallest absolute Gasteiger partial charge is 0.276 e. The summed E-state index contributed by atoms with van der Waals surface area (Å²) in [5, 5.41) is 9.41. The number of nitrogens with zero attached hydrogens (tertiary/aromatic N) is 2. The summed E-state index contributed by atoms with van der Waals surface area (Å²) in [5.74, 6) is 2.46. The Morgan fingerprint density at radius 2 is 1.84 bits per heavy atom. The quantitative estimate of drug-likeness (QED) is 0.649. The fraction of sp³-hybridized carbons (Fsp3) is 0.560. The lowest BCUT2D eigenvalue weighted by molar-refractivity contribution is -0.126. The van der Waals surface area contributed by atoms with Crippen molar-refractivity contribution in [2.45, 2.75) is 65.0 Å². The summed E-state index contributed by atoms with van der Waals surface area (Å²) in [6.07, 6.45) is 7.95. The molecule has 5 nitrogen and oxygen atoms in total. The maximum Gasteiger partial charge on any atom is 0.276 e. The molecule has 0 aliphatic heterocycles. The molecule has 7 rings (SSSR count). The molecule has 4 aliphatic rings. The fourth-order valence-corrected chi connectivity index (χ4v) is 8.44. The molecular weight excluding hydrogens is 406 g/mol. The van der Waals surface area contributed by atoms with Gasteiger partial charge in [0.25, 0.3) is 5.56 Å². The Balaban J connectivity index is 1.26. The molecule has 1 atom stereocenters. The van der Waals surface area contributed by atoms with E-state index in [-0.39, 0.29) is 29.5 Å². The van der Waals surface area contributed by atoms with Gasteiger partial charge in [0.15, 0.2) is 0 Å². The van der Waals surface area contributed by atoms with Crippen LogP contribution in [0, 0.1) is 30.1 Å². The van der Waals surface area contributed by atoms with E-state index in [1.165, 1.54) is 43.2 Å². The van der Waals surface area contributed by atoms with Crippen LogP contribution in [-0.4, -0.2) is 21.7 Å². The summed E-state index contributed by atoms with van der Waals surface area (Å²) in [6, 6.07) is 8.10. The van der Waals surface area contributed by atoms with E-state index in [1.807, 2.05) is 31.2 Å². The highest BCUT2D eigenvalue weighted by molar-refractivity contribution is 7.26. The average Bonchev–Trinajstić information content (AvgIpc) is 3.11. The van der Waals surface area contributed by atoms with Crippen molar-refractivity contribution in [2.24, 2.45) is 23.2 Å². The highest BCUT2D eigenvalue weighted by atomic mass is 32.1. The third kappa shape index (κ3) is 3.05. The Morgan fingerprint density at radius 1 is 1.19 bits per heavy atom. The van der Waals surface area contributed by atoms with E-state index in [9.17, 15) is 9.59 Å². The predicted molar refractivity (Wildman–Crippen MR) is 124 cm³/mol. The Bertz CT molecular complexity index is 1220. The third-order valence-electron chi connectivity index (χ3n) is 8.32. The van der Waals surface area contributed by atoms with E-state index in [4.69, 9.17) is 0 Å². The van der Waals surface area contributed by atoms with Crippen LogP contribution in [0.2, 0.25) is 0 Å². The number of rotatable bonds is 4. The first kappa shape index (κ1) is 19.5. The van der Waals surface area contributed by atoms with Gasteiger partial charge in [0.05, 0.1) is 15.8 Å². The van der Waals surface area contributed by atoms with Crippen LogP contribution in [0.3, 0.4) is 0 Å². The summed E-state index contributed by atoms with van der Waals surface area (Å²) in [4.78, 5) is 26.2. The summed E-state index contributed by atoms with van der Waals surface area (Å²) in [7, 11) is 0. The van der Waals surface area contributed by atoms with Crippen LogP contribution in [-0.2, 0) is 11.3 Å². The number of fused-ring (bicyclic) bond motifs is 3. The largest absolute Gasteiger partial charge is 0.351 e. The Kier molecular flexibility index (Phi) is 4.33. The van der Waals surface area contributed by atoms with Gasteiger partial charge in [-0.3, -0.25) is 9.59 Å². The molecule has 0 radical (unpaired) electrons. The minimum absolute atomic E-state index is 0.0174. The molecule has 1 N–H and O–H groups in total. The van der Waals surface area contributed by atoms with E-state index in [0.29, 0.717) is 5.39 Å². The minimum Gasteiger partial charge on any atom is -0.351 e. The average molecular weight is 436 g/mol. The molecule has 2 aromatic heterocycles. The summed E-state index contributed by atoms with van der Waals surface area (Å²) in [5.41, 5.74) is 0.889. The highest BCUT2D eigenvalue weighted by Crippen LogP contribution is 2.61. The van der Waals surface area contributed by atoms with E-state index in [2.05, 4.69) is 17.3 Å². The standard InChI is InChI=1S/C25H29N3O2S/c1-14-23-22(19-5-3-4-6-20(19)31-23)24(30)28(27-14)13-21(29)26-15(2)25-10-16-7-17(11-25)9-18(8-16)12-25/h3-6,15-18H,7-13H2,1-2H3,(H,26,29)/t15-,16?,17?,18?,25?/m1/s1. The van der Waals surface area contributed by atoms with E-state index < -0.39 is 0 Å². The van der Waals surface area contributed by atoms with Gasteiger partial charge in [-0.2, -0.15) is 5.10 Å². The van der Waals surface area contributed by atoms with Crippen molar-refractivity contribution in [3.8, 4) is 0 Å². The third-order valence-corrected chi connectivity index (χ3v) is 9.60. The van der Waals surface area contributed by atoms with Crippen LogP contribution < -0.4 is 10.9 Å². The molecule has 2 heterocycles. The summed E-state index contributed by atoms with van der Waals surface area (Å²) >= 11 is 1.60. The molecule has 4 bridgehead atoms. The molecule has 3 aromatic rings. The van der Waals surface area contributed by atoms with Gasteiger partial charge in [0.2, 0.25) is 5.91 Å². The van der Waals surface area contributed by atoms with E-state index >= 15 is 0 Å². The van der Waals surface area contributed by atoms with Crippen LogP contribution in [0.1, 0.15) is 51.1 Å². The second-order valence-electron chi connectivity index (χ2n) is 10.4. The summed E-state index contributed by atoms with van der Waals surface area (Å²) < 4.78 is 3.36. The number of thiophene rings is 1. The van der Waals surface area contributed by atoms with Crippen molar-refractivity contribution in [1.29, 1.82) is 0 Å².